The Hall–Kier alpha value is -1.77. The van der Waals surface area contributed by atoms with Crippen LogP contribution in [0.2, 0.25) is 0 Å². The van der Waals surface area contributed by atoms with E-state index in [4.69, 9.17) is 4.74 Å². The zero-order valence-corrected chi connectivity index (χ0v) is 7.91. The molecule has 1 N–H and O–H groups in total. The minimum Gasteiger partial charge on any atom is -0.426 e. The summed E-state index contributed by atoms with van der Waals surface area (Å²) in [4.78, 5) is 14.1. The quantitative estimate of drug-likeness (QED) is 0.582. The number of ether oxygens (including phenoxy) is 1. The number of rotatable bonds is 2. The molecule has 1 heterocycles. The van der Waals surface area contributed by atoms with Gasteiger partial charge in [-0.3, -0.25) is 4.79 Å². The van der Waals surface area contributed by atoms with Gasteiger partial charge in [0.05, 0.1) is 0 Å². The maximum atomic E-state index is 11.0. The zero-order valence-electron chi connectivity index (χ0n) is 7.91. The van der Waals surface area contributed by atoms with Crippen molar-refractivity contribution in [3.63, 3.8) is 0 Å². The number of H-pyrrole nitrogens is 1. The van der Waals surface area contributed by atoms with Gasteiger partial charge in [-0.1, -0.05) is 6.92 Å². The lowest BCUT2D eigenvalue weighted by Crippen LogP contribution is -2.05. The summed E-state index contributed by atoms with van der Waals surface area (Å²) >= 11 is 0. The van der Waals surface area contributed by atoms with E-state index in [1.807, 2.05) is 24.4 Å². The average molecular weight is 189 g/mol. The highest BCUT2D eigenvalue weighted by Crippen LogP contribution is 2.19. The molecule has 0 saturated carbocycles. The normalized spacial score (nSPS) is 10.4. The predicted molar refractivity (Wildman–Crippen MR) is 54.2 cm³/mol. The van der Waals surface area contributed by atoms with Gasteiger partial charge in [0.25, 0.3) is 0 Å². The Bertz CT molecular complexity index is 459. The number of aromatic nitrogens is 1. The molecule has 0 amide bonds. The van der Waals surface area contributed by atoms with Crippen LogP contribution in [0.25, 0.3) is 10.9 Å². The van der Waals surface area contributed by atoms with E-state index in [-0.39, 0.29) is 5.97 Å². The molecule has 0 unspecified atom stereocenters. The summed E-state index contributed by atoms with van der Waals surface area (Å²) in [5, 5.41) is 1.11. The minimum absolute atomic E-state index is 0.212. The number of carbonyl (C=O) groups excluding carboxylic acids is 1. The average Bonchev–Trinajstić information content (AvgIpc) is 2.64. The molecule has 0 spiro atoms. The van der Waals surface area contributed by atoms with E-state index in [0.29, 0.717) is 12.2 Å². The smallest absolute Gasteiger partial charge is 0.310 e. The molecule has 0 aliphatic heterocycles. The lowest BCUT2D eigenvalue weighted by atomic mass is 10.2. The van der Waals surface area contributed by atoms with Crippen molar-refractivity contribution in [1.29, 1.82) is 0 Å². The van der Waals surface area contributed by atoms with Crippen molar-refractivity contribution < 1.29 is 9.53 Å². The van der Waals surface area contributed by atoms with Gasteiger partial charge in [-0.25, -0.2) is 0 Å². The van der Waals surface area contributed by atoms with Crippen molar-refractivity contribution >= 4 is 16.9 Å². The fourth-order valence-corrected chi connectivity index (χ4v) is 1.29. The maximum absolute atomic E-state index is 11.0. The van der Waals surface area contributed by atoms with E-state index < -0.39 is 0 Å². The first-order chi connectivity index (χ1) is 6.79. The molecular weight excluding hydrogens is 178 g/mol. The fourth-order valence-electron chi connectivity index (χ4n) is 1.29. The molecule has 3 nitrogen and oxygen atoms in total. The number of hydrogen-bond acceptors (Lipinski definition) is 2. The predicted octanol–water partition coefficient (Wildman–Crippen LogP) is 2.48. The standard InChI is InChI=1S/C11H11NO2/c1-2-11(13)14-9-4-3-8-5-6-12-10(8)7-9/h3-7,12H,2H2,1H3. The summed E-state index contributed by atoms with van der Waals surface area (Å²) in [6, 6.07) is 7.51. The van der Waals surface area contributed by atoms with Crippen LogP contribution in [0.3, 0.4) is 0 Å². The molecule has 0 saturated heterocycles. The second-order valence-electron chi connectivity index (χ2n) is 3.05. The van der Waals surface area contributed by atoms with Crippen LogP contribution in [0.4, 0.5) is 0 Å². The van der Waals surface area contributed by atoms with Crippen molar-refractivity contribution in [3.05, 3.63) is 30.5 Å². The van der Waals surface area contributed by atoms with E-state index in [9.17, 15) is 4.79 Å². The highest BCUT2D eigenvalue weighted by atomic mass is 16.5. The van der Waals surface area contributed by atoms with Crippen molar-refractivity contribution in [2.24, 2.45) is 0 Å². The lowest BCUT2D eigenvalue weighted by Gasteiger charge is -2.01. The first-order valence-electron chi connectivity index (χ1n) is 4.57. The van der Waals surface area contributed by atoms with E-state index in [0.717, 1.165) is 10.9 Å². The molecule has 3 heteroatoms. The van der Waals surface area contributed by atoms with Crippen LogP contribution in [0.5, 0.6) is 5.75 Å². The van der Waals surface area contributed by atoms with Crippen molar-refractivity contribution in [2.75, 3.05) is 0 Å². The molecule has 0 aliphatic carbocycles. The first kappa shape index (κ1) is 8.81. The van der Waals surface area contributed by atoms with Gasteiger partial charge in [-0.05, 0) is 23.6 Å². The maximum Gasteiger partial charge on any atom is 0.310 e. The van der Waals surface area contributed by atoms with E-state index in [1.54, 1.807) is 13.0 Å². The number of esters is 1. The van der Waals surface area contributed by atoms with Crippen LogP contribution < -0.4 is 4.74 Å². The monoisotopic (exact) mass is 189 g/mol. The van der Waals surface area contributed by atoms with E-state index in [2.05, 4.69) is 4.98 Å². The number of hydrogen-bond donors (Lipinski definition) is 1. The Labute approximate surface area is 81.7 Å². The third kappa shape index (κ3) is 1.62. The highest BCUT2D eigenvalue weighted by molar-refractivity contribution is 5.82. The molecule has 0 bridgehead atoms. The van der Waals surface area contributed by atoms with Gasteiger partial charge in [-0.2, -0.15) is 0 Å². The molecule has 1 aromatic heterocycles. The summed E-state index contributed by atoms with van der Waals surface area (Å²) in [7, 11) is 0. The Morgan fingerprint density at radius 3 is 3.07 bits per heavy atom. The Morgan fingerprint density at radius 2 is 2.29 bits per heavy atom. The molecule has 72 valence electrons. The number of aromatic amines is 1. The summed E-state index contributed by atoms with van der Waals surface area (Å²) in [5.74, 6) is 0.378. The van der Waals surface area contributed by atoms with Crippen molar-refractivity contribution in [1.82, 2.24) is 4.98 Å². The minimum atomic E-state index is -0.212. The topological polar surface area (TPSA) is 42.1 Å². The molecule has 0 fully saturated rings. The van der Waals surface area contributed by atoms with Crippen LogP contribution in [-0.4, -0.2) is 11.0 Å². The summed E-state index contributed by atoms with van der Waals surface area (Å²) < 4.78 is 5.08. The number of fused-ring (bicyclic) bond motifs is 1. The second-order valence-corrected chi connectivity index (χ2v) is 3.05. The Balaban J connectivity index is 2.30. The summed E-state index contributed by atoms with van der Waals surface area (Å²) in [5.41, 5.74) is 0.978. The summed E-state index contributed by atoms with van der Waals surface area (Å²) in [6.45, 7) is 1.77. The number of benzene rings is 1. The number of carbonyl (C=O) groups is 1. The molecular formula is C11H11NO2. The molecule has 2 aromatic rings. The van der Waals surface area contributed by atoms with Gasteiger partial charge in [0, 0.05) is 24.2 Å². The van der Waals surface area contributed by atoms with Crippen molar-refractivity contribution in [3.8, 4) is 5.75 Å². The second kappa shape index (κ2) is 3.54. The van der Waals surface area contributed by atoms with Crippen LogP contribution in [0.1, 0.15) is 13.3 Å². The van der Waals surface area contributed by atoms with E-state index >= 15 is 0 Å². The van der Waals surface area contributed by atoms with Crippen LogP contribution >= 0.6 is 0 Å². The Kier molecular flexibility index (Phi) is 2.23. The van der Waals surface area contributed by atoms with Gasteiger partial charge in [0.15, 0.2) is 0 Å². The molecule has 0 radical (unpaired) electrons. The van der Waals surface area contributed by atoms with Gasteiger partial charge in [0.2, 0.25) is 0 Å². The fraction of sp³-hybridized carbons (Fsp3) is 0.182. The first-order valence-corrected chi connectivity index (χ1v) is 4.57. The molecule has 14 heavy (non-hydrogen) atoms. The summed E-state index contributed by atoms with van der Waals surface area (Å²) in [6.07, 6.45) is 2.25. The number of nitrogens with one attached hydrogen (secondary N) is 1. The third-order valence-corrected chi connectivity index (χ3v) is 2.05. The van der Waals surface area contributed by atoms with Crippen LogP contribution in [-0.2, 0) is 4.79 Å². The highest BCUT2D eigenvalue weighted by Gasteiger charge is 2.02. The molecule has 2 rings (SSSR count). The molecule has 0 atom stereocenters. The molecule has 0 aliphatic rings. The van der Waals surface area contributed by atoms with Crippen molar-refractivity contribution in [2.45, 2.75) is 13.3 Å². The van der Waals surface area contributed by atoms with Gasteiger partial charge >= 0.3 is 5.97 Å². The van der Waals surface area contributed by atoms with E-state index in [1.165, 1.54) is 0 Å². The van der Waals surface area contributed by atoms with Gasteiger partial charge < -0.3 is 9.72 Å². The van der Waals surface area contributed by atoms with Gasteiger partial charge in [-0.15, -0.1) is 0 Å². The van der Waals surface area contributed by atoms with Crippen LogP contribution in [0, 0.1) is 0 Å². The largest absolute Gasteiger partial charge is 0.426 e. The molecule has 1 aromatic carbocycles. The lowest BCUT2D eigenvalue weighted by molar-refractivity contribution is -0.134. The van der Waals surface area contributed by atoms with Crippen LogP contribution in [0.15, 0.2) is 30.5 Å². The Morgan fingerprint density at radius 1 is 1.43 bits per heavy atom. The van der Waals surface area contributed by atoms with Gasteiger partial charge in [0.1, 0.15) is 5.75 Å². The third-order valence-electron chi connectivity index (χ3n) is 2.05. The zero-order chi connectivity index (χ0) is 9.97. The SMILES string of the molecule is CCC(=O)Oc1ccc2cc[nH]c2c1.